The van der Waals surface area contributed by atoms with Crippen LogP contribution in [0.3, 0.4) is 0 Å². The highest BCUT2D eigenvalue weighted by Gasteiger charge is 2.04. The molecule has 0 aliphatic rings. The van der Waals surface area contributed by atoms with Crippen LogP contribution in [0.25, 0.3) is 10.4 Å². The molecule has 1 aromatic heterocycles. The summed E-state index contributed by atoms with van der Waals surface area (Å²) >= 11 is 0. The van der Waals surface area contributed by atoms with E-state index in [4.69, 9.17) is 10.3 Å². The lowest BCUT2D eigenvalue weighted by Crippen LogP contribution is -2.01. The van der Waals surface area contributed by atoms with Crippen molar-refractivity contribution in [2.24, 2.45) is 5.11 Å². The van der Waals surface area contributed by atoms with Crippen molar-refractivity contribution >= 4 is 5.91 Å². The number of nitrogens with zero attached hydrogens (tertiary/aromatic N) is 4. The molecule has 1 rings (SSSR count). The highest BCUT2D eigenvalue weighted by molar-refractivity contribution is 5.92. The third-order valence-corrected chi connectivity index (χ3v) is 1.43. The number of carbonyl (C=O) groups is 1. The first-order valence-electron chi connectivity index (χ1n) is 3.95. The van der Waals surface area contributed by atoms with Crippen molar-refractivity contribution in [2.75, 3.05) is 13.9 Å². The summed E-state index contributed by atoms with van der Waals surface area (Å²) in [4.78, 5) is 17.1. The fraction of sp³-hybridized carbons (Fsp3) is 0.250. The lowest BCUT2D eigenvalue weighted by molar-refractivity contribution is 0.0508. The molecule has 0 saturated carbocycles. The van der Waals surface area contributed by atoms with Gasteiger partial charge in [-0.1, -0.05) is 0 Å². The molecule has 0 aromatic carbocycles. The van der Waals surface area contributed by atoms with Crippen molar-refractivity contribution in [2.45, 2.75) is 0 Å². The van der Waals surface area contributed by atoms with Gasteiger partial charge in [-0.15, -0.1) is 0 Å². The van der Waals surface area contributed by atoms with E-state index in [0.717, 1.165) is 0 Å². The van der Waals surface area contributed by atoms with Crippen molar-refractivity contribution in [1.82, 2.24) is 4.98 Å². The lowest BCUT2D eigenvalue weighted by Gasteiger charge is -2.03. The van der Waals surface area contributed by atoms with Gasteiger partial charge in [-0.05, 0) is 22.8 Å². The molecule has 1 amide bonds. The number of hydrogen-bond donors (Lipinski definition) is 0. The number of ether oxygens (including phenoxy) is 2. The Morgan fingerprint density at radius 2 is 2.47 bits per heavy atom. The molecule has 0 unspecified atom stereocenters. The second kappa shape index (κ2) is 5.58. The van der Waals surface area contributed by atoms with E-state index in [1.807, 2.05) is 0 Å². The molecule has 15 heavy (non-hydrogen) atoms. The van der Waals surface area contributed by atoms with E-state index >= 15 is 0 Å². The number of hydrogen-bond acceptors (Lipinski definition) is 4. The summed E-state index contributed by atoms with van der Waals surface area (Å²) in [6.45, 7) is 0.103. The Morgan fingerprint density at radius 3 is 3.00 bits per heavy atom. The zero-order valence-corrected chi connectivity index (χ0v) is 7.95. The van der Waals surface area contributed by atoms with E-state index in [-0.39, 0.29) is 12.5 Å². The van der Waals surface area contributed by atoms with Gasteiger partial charge in [-0.2, -0.15) is 0 Å². The van der Waals surface area contributed by atoms with E-state index in [0.29, 0.717) is 5.75 Å². The molecule has 7 nitrogen and oxygen atoms in total. The summed E-state index contributed by atoms with van der Waals surface area (Å²) < 4.78 is 9.73. The number of carbonyl (C=O) groups excluding carboxylic acids is 1. The maximum atomic E-state index is 11.0. The fourth-order valence-corrected chi connectivity index (χ4v) is 0.811. The second-order valence-electron chi connectivity index (χ2n) is 2.42. The maximum Gasteiger partial charge on any atom is 0.267 e. The highest BCUT2D eigenvalue weighted by atomic mass is 16.7. The van der Waals surface area contributed by atoms with Gasteiger partial charge in [0, 0.05) is 12.0 Å². The number of pyridine rings is 1. The fourth-order valence-electron chi connectivity index (χ4n) is 0.811. The number of methoxy groups -OCH3 is 1. The Labute approximate surface area is 85.3 Å². The van der Waals surface area contributed by atoms with Crippen LogP contribution < -0.4 is 4.74 Å². The molecule has 1 heterocycles. The second-order valence-corrected chi connectivity index (χ2v) is 2.42. The van der Waals surface area contributed by atoms with Crippen LogP contribution in [0, 0.1) is 0 Å². The Balaban J connectivity index is 2.71. The molecule has 1 aromatic rings. The van der Waals surface area contributed by atoms with Gasteiger partial charge >= 0.3 is 0 Å². The Hall–Kier alpha value is -2.11. The third kappa shape index (κ3) is 3.26. The van der Waals surface area contributed by atoms with Gasteiger partial charge in [0.15, 0.2) is 6.79 Å². The summed E-state index contributed by atoms with van der Waals surface area (Å²) in [5.74, 6) is -0.259. The molecule has 78 valence electrons. The van der Waals surface area contributed by atoms with Crippen LogP contribution in [0.5, 0.6) is 5.75 Å². The largest absolute Gasteiger partial charge is 0.466 e. The molecule has 0 spiro atoms. The van der Waals surface area contributed by atoms with Gasteiger partial charge < -0.3 is 9.47 Å². The van der Waals surface area contributed by atoms with E-state index in [1.54, 1.807) is 0 Å². The first-order chi connectivity index (χ1) is 7.27. The summed E-state index contributed by atoms with van der Waals surface area (Å²) in [5.41, 5.74) is 8.10. The summed E-state index contributed by atoms with van der Waals surface area (Å²) in [7, 11) is 1.49. The average molecular weight is 208 g/mol. The first-order valence-corrected chi connectivity index (χ1v) is 3.95. The Bertz CT molecular complexity index is 383. The zero-order chi connectivity index (χ0) is 11.1. The normalized spacial score (nSPS) is 9.13. The molecular formula is C8H8N4O3. The minimum absolute atomic E-state index is 0.0672. The topological polar surface area (TPSA) is 97.2 Å². The molecule has 0 aliphatic heterocycles. The minimum atomic E-state index is -0.726. The van der Waals surface area contributed by atoms with Gasteiger partial charge in [-0.3, -0.25) is 4.79 Å². The predicted molar refractivity (Wildman–Crippen MR) is 50.2 cm³/mol. The Morgan fingerprint density at radius 1 is 1.67 bits per heavy atom. The molecule has 0 bridgehead atoms. The van der Waals surface area contributed by atoms with Gasteiger partial charge in [0.05, 0.1) is 6.20 Å². The van der Waals surface area contributed by atoms with Crippen LogP contribution in [0.4, 0.5) is 0 Å². The van der Waals surface area contributed by atoms with Crippen LogP contribution in [0.1, 0.15) is 10.5 Å². The van der Waals surface area contributed by atoms with Crippen molar-refractivity contribution in [3.05, 3.63) is 34.5 Å². The maximum absolute atomic E-state index is 11.0. The average Bonchev–Trinajstić information content (AvgIpc) is 2.27. The van der Waals surface area contributed by atoms with Crippen molar-refractivity contribution < 1.29 is 14.3 Å². The number of azide groups is 1. The zero-order valence-electron chi connectivity index (χ0n) is 7.95. The highest BCUT2D eigenvalue weighted by Crippen LogP contribution is 2.09. The monoisotopic (exact) mass is 208 g/mol. The SMILES string of the molecule is COCOc1ccc(C(=O)N=[N+]=[N-])nc1. The number of amides is 1. The molecule has 0 atom stereocenters. The van der Waals surface area contributed by atoms with Gasteiger partial charge in [0.2, 0.25) is 0 Å². The smallest absolute Gasteiger partial charge is 0.267 e. The molecule has 0 aliphatic carbocycles. The van der Waals surface area contributed by atoms with Crippen molar-refractivity contribution in [1.29, 1.82) is 0 Å². The molecule has 0 fully saturated rings. The minimum Gasteiger partial charge on any atom is -0.466 e. The van der Waals surface area contributed by atoms with Crippen LogP contribution >= 0.6 is 0 Å². The van der Waals surface area contributed by atoms with E-state index < -0.39 is 5.91 Å². The van der Waals surface area contributed by atoms with E-state index in [9.17, 15) is 4.79 Å². The van der Waals surface area contributed by atoms with Gasteiger partial charge in [0.1, 0.15) is 11.4 Å². The molecule has 0 radical (unpaired) electrons. The quantitative estimate of drug-likeness (QED) is 0.324. The van der Waals surface area contributed by atoms with E-state index in [1.165, 1.54) is 25.4 Å². The van der Waals surface area contributed by atoms with Crippen molar-refractivity contribution in [3.8, 4) is 5.75 Å². The molecule has 0 N–H and O–H groups in total. The third-order valence-electron chi connectivity index (χ3n) is 1.43. The van der Waals surface area contributed by atoms with Crippen LogP contribution in [-0.2, 0) is 4.74 Å². The molecular weight excluding hydrogens is 200 g/mol. The first kappa shape index (κ1) is 11.0. The Kier molecular flexibility index (Phi) is 4.08. The van der Waals surface area contributed by atoms with Crippen LogP contribution in [0.15, 0.2) is 23.4 Å². The van der Waals surface area contributed by atoms with Crippen molar-refractivity contribution in [3.63, 3.8) is 0 Å². The summed E-state index contributed by atoms with van der Waals surface area (Å²) in [6, 6.07) is 2.94. The standard InChI is InChI=1S/C8H8N4O3/c1-14-5-15-6-2-3-7(10-4-6)8(13)11-12-9/h2-4H,5H2,1H3. The molecule has 0 saturated heterocycles. The number of rotatable bonds is 4. The summed E-state index contributed by atoms with van der Waals surface area (Å²) in [5, 5.41) is 2.90. The predicted octanol–water partition coefficient (Wildman–Crippen LogP) is 1.51. The number of aromatic nitrogens is 1. The van der Waals surface area contributed by atoms with Gasteiger partial charge in [-0.25, -0.2) is 4.98 Å². The summed E-state index contributed by atoms with van der Waals surface area (Å²) in [6.07, 6.45) is 1.35. The van der Waals surface area contributed by atoms with Crippen LogP contribution in [-0.4, -0.2) is 24.8 Å². The lowest BCUT2D eigenvalue weighted by atomic mass is 10.3. The van der Waals surface area contributed by atoms with Gasteiger partial charge in [0.25, 0.3) is 5.91 Å². The molecule has 7 heteroatoms. The van der Waals surface area contributed by atoms with E-state index in [2.05, 4.69) is 19.7 Å². The van der Waals surface area contributed by atoms with Crippen LogP contribution in [0.2, 0.25) is 0 Å².